The Kier molecular flexibility index (Phi) is 7.40. The van der Waals surface area contributed by atoms with Crippen LogP contribution in [0.4, 0.5) is 5.82 Å². The second-order valence-corrected chi connectivity index (χ2v) is 8.59. The molecule has 8 heteroatoms. The maximum absolute atomic E-state index is 13.1. The molecule has 8 nitrogen and oxygen atoms in total. The Morgan fingerprint density at radius 3 is 2.77 bits per heavy atom. The summed E-state index contributed by atoms with van der Waals surface area (Å²) in [6.45, 7) is 7.43. The molecule has 0 bridgehead atoms. The van der Waals surface area contributed by atoms with Crippen molar-refractivity contribution in [1.82, 2.24) is 14.8 Å². The topological polar surface area (TPSA) is 75.2 Å². The van der Waals surface area contributed by atoms with E-state index in [2.05, 4.69) is 19.7 Å². The van der Waals surface area contributed by atoms with Gasteiger partial charge in [-0.1, -0.05) is 12.8 Å². The molecule has 2 atom stereocenters. The van der Waals surface area contributed by atoms with Gasteiger partial charge in [-0.15, -0.1) is 0 Å². The van der Waals surface area contributed by atoms with Gasteiger partial charge in [-0.05, 0) is 38.3 Å². The molecule has 4 rings (SSSR count). The van der Waals surface area contributed by atoms with E-state index in [0.29, 0.717) is 25.3 Å². The SMILES string of the molecule is CCOC(=O)c1ccc(N2CCCN(CC(=O)N3CCOC4CCCCC43)CC2)nc1. The van der Waals surface area contributed by atoms with E-state index in [-0.39, 0.29) is 24.0 Å². The summed E-state index contributed by atoms with van der Waals surface area (Å²) in [5, 5.41) is 0. The molecule has 1 aromatic rings. The fourth-order valence-electron chi connectivity index (χ4n) is 4.95. The van der Waals surface area contributed by atoms with Crippen LogP contribution in [-0.2, 0) is 14.3 Å². The average Bonchev–Trinajstić information content (AvgIpc) is 3.04. The fraction of sp³-hybridized carbons (Fsp3) is 0.696. The lowest BCUT2D eigenvalue weighted by atomic mass is 9.90. The van der Waals surface area contributed by atoms with Crippen molar-refractivity contribution in [2.45, 2.75) is 51.2 Å². The monoisotopic (exact) mass is 430 g/mol. The summed E-state index contributed by atoms with van der Waals surface area (Å²) in [6, 6.07) is 3.91. The molecule has 1 aromatic heterocycles. The van der Waals surface area contributed by atoms with Gasteiger partial charge in [0.1, 0.15) is 5.82 Å². The minimum Gasteiger partial charge on any atom is -0.462 e. The van der Waals surface area contributed by atoms with Crippen molar-refractivity contribution in [2.24, 2.45) is 0 Å². The van der Waals surface area contributed by atoms with Crippen molar-refractivity contribution in [1.29, 1.82) is 0 Å². The molecule has 1 saturated carbocycles. The first-order chi connectivity index (χ1) is 15.2. The number of rotatable bonds is 5. The van der Waals surface area contributed by atoms with Crippen molar-refractivity contribution < 1.29 is 19.1 Å². The van der Waals surface area contributed by atoms with Gasteiger partial charge in [-0.25, -0.2) is 9.78 Å². The Labute approximate surface area is 184 Å². The standard InChI is InChI=1S/C23H34N4O4/c1-2-30-23(29)18-8-9-21(24-16-18)26-11-5-10-25(12-13-26)17-22(28)27-14-15-31-20-7-4-3-6-19(20)27/h8-9,16,19-20H,2-7,10-15,17H2,1H3. The van der Waals surface area contributed by atoms with Crippen LogP contribution in [-0.4, -0.2) is 91.3 Å². The molecule has 0 radical (unpaired) electrons. The third-order valence-electron chi connectivity index (χ3n) is 6.58. The fourth-order valence-corrected chi connectivity index (χ4v) is 4.95. The zero-order chi connectivity index (χ0) is 21.6. The van der Waals surface area contributed by atoms with E-state index in [1.807, 2.05) is 6.07 Å². The van der Waals surface area contributed by atoms with Crippen molar-refractivity contribution in [3.05, 3.63) is 23.9 Å². The number of fused-ring (bicyclic) bond motifs is 1. The third-order valence-corrected chi connectivity index (χ3v) is 6.58. The predicted molar refractivity (Wildman–Crippen MR) is 117 cm³/mol. The van der Waals surface area contributed by atoms with Gasteiger partial charge in [0.15, 0.2) is 0 Å². The minimum atomic E-state index is -0.342. The van der Waals surface area contributed by atoms with E-state index in [1.54, 1.807) is 19.2 Å². The Morgan fingerprint density at radius 2 is 1.97 bits per heavy atom. The van der Waals surface area contributed by atoms with Crippen LogP contribution < -0.4 is 4.90 Å². The van der Waals surface area contributed by atoms with Crippen molar-refractivity contribution in [3.8, 4) is 0 Å². The van der Waals surface area contributed by atoms with Gasteiger partial charge in [0.05, 0.1) is 37.5 Å². The van der Waals surface area contributed by atoms with Gasteiger partial charge in [0.2, 0.25) is 5.91 Å². The lowest BCUT2D eigenvalue weighted by Gasteiger charge is -2.44. The normalized spacial score (nSPS) is 24.9. The van der Waals surface area contributed by atoms with Crippen LogP contribution in [0.2, 0.25) is 0 Å². The van der Waals surface area contributed by atoms with Crippen LogP contribution in [0.5, 0.6) is 0 Å². The summed E-state index contributed by atoms with van der Waals surface area (Å²) >= 11 is 0. The molecule has 2 saturated heterocycles. The number of hydrogen-bond donors (Lipinski definition) is 0. The molecule has 1 amide bonds. The van der Waals surface area contributed by atoms with E-state index in [9.17, 15) is 9.59 Å². The Balaban J connectivity index is 1.31. The molecule has 1 aliphatic carbocycles. The van der Waals surface area contributed by atoms with Gasteiger partial charge in [-0.2, -0.15) is 0 Å². The highest BCUT2D eigenvalue weighted by atomic mass is 16.5. The molecule has 2 aliphatic heterocycles. The van der Waals surface area contributed by atoms with E-state index >= 15 is 0 Å². The number of ether oxygens (including phenoxy) is 2. The molecule has 2 unspecified atom stereocenters. The van der Waals surface area contributed by atoms with Gasteiger partial charge < -0.3 is 19.3 Å². The van der Waals surface area contributed by atoms with Crippen LogP contribution in [0.1, 0.15) is 49.4 Å². The third kappa shape index (κ3) is 5.36. The molecule has 3 aliphatic rings. The molecule has 0 spiro atoms. The molecule has 31 heavy (non-hydrogen) atoms. The number of hydrogen-bond acceptors (Lipinski definition) is 7. The molecule has 0 aromatic carbocycles. The van der Waals surface area contributed by atoms with Gasteiger partial charge in [0, 0.05) is 38.9 Å². The molecular weight excluding hydrogens is 396 g/mol. The highest BCUT2D eigenvalue weighted by Gasteiger charge is 2.37. The van der Waals surface area contributed by atoms with Crippen molar-refractivity contribution >= 4 is 17.7 Å². The average molecular weight is 431 g/mol. The van der Waals surface area contributed by atoms with E-state index in [1.165, 1.54) is 12.8 Å². The Morgan fingerprint density at radius 1 is 1.10 bits per heavy atom. The second-order valence-electron chi connectivity index (χ2n) is 8.59. The largest absolute Gasteiger partial charge is 0.462 e. The first kappa shape index (κ1) is 22.0. The van der Waals surface area contributed by atoms with E-state index in [0.717, 1.165) is 57.8 Å². The van der Waals surface area contributed by atoms with Crippen LogP contribution in [0, 0.1) is 0 Å². The zero-order valence-electron chi connectivity index (χ0n) is 18.5. The molecule has 3 fully saturated rings. The number of carbonyl (C=O) groups is 2. The van der Waals surface area contributed by atoms with Crippen LogP contribution >= 0.6 is 0 Å². The van der Waals surface area contributed by atoms with Crippen molar-refractivity contribution in [3.63, 3.8) is 0 Å². The predicted octanol–water partition coefficient (Wildman–Crippen LogP) is 1.94. The lowest BCUT2D eigenvalue weighted by Crippen LogP contribution is -2.56. The summed E-state index contributed by atoms with van der Waals surface area (Å²) in [5.41, 5.74) is 0.471. The number of morpholine rings is 1. The number of nitrogens with zero attached hydrogens (tertiary/aromatic N) is 4. The summed E-state index contributed by atoms with van der Waals surface area (Å²) < 4.78 is 10.9. The summed E-state index contributed by atoms with van der Waals surface area (Å²) in [4.78, 5) is 36.0. The number of esters is 1. The smallest absolute Gasteiger partial charge is 0.339 e. The number of anilines is 1. The summed E-state index contributed by atoms with van der Waals surface area (Å²) in [6.07, 6.45) is 7.33. The molecule has 170 valence electrons. The van der Waals surface area contributed by atoms with Crippen LogP contribution in [0.15, 0.2) is 18.3 Å². The molecule has 0 N–H and O–H groups in total. The molecule has 3 heterocycles. The van der Waals surface area contributed by atoms with Gasteiger partial charge in [-0.3, -0.25) is 9.69 Å². The lowest BCUT2D eigenvalue weighted by molar-refractivity contribution is -0.150. The first-order valence-corrected chi connectivity index (χ1v) is 11.7. The first-order valence-electron chi connectivity index (χ1n) is 11.7. The second kappa shape index (κ2) is 10.4. The zero-order valence-corrected chi connectivity index (χ0v) is 18.5. The number of aromatic nitrogens is 1. The highest BCUT2D eigenvalue weighted by Crippen LogP contribution is 2.28. The molecular formula is C23H34N4O4. The van der Waals surface area contributed by atoms with E-state index < -0.39 is 0 Å². The highest BCUT2D eigenvalue weighted by molar-refractivity contribution is 5.89. The van der Waals surface area contributed by atoms with Crippen LogP contribution in [0.3, 0.4) is 0 Å². The number of carbonyl (C=O) groups excluding carboxylic acids is 2. The van der Waals surface area contributed by atoms with E-state index in [4.69, 9.17) is 9.47 Å². The summed E-state index contributed by atoms with van der Waals surface area (Å²) in [5.74, 6) is 0.760. The Bertz CT molecular complexity index is 754. The van der Waals surface area contributed by atoms with Gasteiger partial charge in [0.25, 0.3) is 0 Å². The number of amides is 1. The number of pyridine rings is 1. The van der Waals surface area contributed by atoms with Crippen molar-refractivity contribution in [2.75, 3.05) is 57.4 Å². The quantitative estimate of drug-likeness (QED) is 0.661. The van der Waals surface area contributed by atoms with Gasteiger partial charge >= 0.3 is 5.97 Å². The van der Waals surface area contributed by atoms with Crippen LogP contribution in [0.25, 0.3) is 0 Å². The Hall–Kier alpha value is -2.19. The summed E-state index contributed by atoms with van der Waals surface area (Å²) in [7, 11) is 0. The maximum Gasteiger partial charge on any atom is 0.339 e. The minimum absolute atomic E-state index is 0.231. The maximum atomic E-state index is 13.1.